The topological polar surface area (TPSA) is 50.7 Å². The molecular formula is C27H22ClN3O. The van der Waals surface area contributed by atoms with E-state index in [0.717, 1.165) is 22.2 Å². The van der Waals surface area contributed by atoms with Crippen molar-refractivity contribution in [1.29, 1.82) is 0 Å². The molecule has 0 bridgehead atoms. The molecule has 0 unspecified atom stereocenters. The van der Waals surface area contributed by atoms with Crippen molar-refractivity contribution in [2.24, 2.45) is 0 Å². The zero-order valence-corrected chi connectivity index (χ0v) is 18.4. The SMILES string of the molecule is CCc1nc(Cl)cc2c1c(=O)[nH]n2C(c1ccccc1)(c1ccccc1)c1ccccc1. The van der Waals surface area contributed by atoms with Crippen molar-refractivity contribution in [3.05, 3.63) is 135 Å². The van der Waals surface area contributed by atoms with Crippen LogP contribution in [0.3, 0.4) is 0 Å². The fourth-order valence-corrected chi connectivity index (χ4v) is 4.84. The molecule has 0 aliphatic rings. The summed E-state index contributed by atoms with van der Waals surface area (Å²) in [6, 6.07) is 32.4. The van der Waals surface area contributed by atoms with E-state index in [1.165, 1.54) is 0 Å². The lowest BCUT2D eigenvalue weighted by Crippen LogP contribution is -2.39. The Morgan fingerprint density at radius 2 is 1.31 bits per heavy atom. The molecule has 0 saturated carbocycles. The van der Waals surface area contributed by atoms with Gasteiger partial charge in [0.2, 0.25) is 0 Å². The third-order valence-corrected chi connectivity index (χ3v) is 6.16. The van der Waals surface area contributed by atoms with Gasteiger partial charge in [-0.05, 0) is 23.1 Å². The van der Waals surface area contributed by atoms with Crippen LogP contribution in [-0.2, 0) is 12.0 Å². The fraction of sp³-hybridized carbons (Fsp3) is 0.111. The van der Waals surface area contributed by atoms with Gasteiger partial charge in [-0.15, -0.1) is 0 Å². The summed E-state index contributed by atoms with van der Waals surface area (Å²) in [5.41, 5.74) is 3.50. The molecule has 2 aromatic heterocycles. The fourth-order valence-electron chi connectivity index (χ4n) is 4.64. The zero-order chi connectivity index (χ0) is 22.1. The number of halogens is 1. The molecule has 0 spiro atoms. The van der Waals surface area contributed by atoms with Gasteiger partial charge in [0, 0.05) is 6.07 Å². The van der Waals surface area contributed by atoms with Crippen LogP contribution >= 0.6 is 11.6 Å². The average molecular weight is 440 g/mol. The van der Waals surface area contributed by atoms with Crippen molar-refractivity contribution in [3.63, 3.8) is 0 Å². The highest BCUT2D eigenvalue weighted by molar-refractivity contribution is 6.30. The van der Waals surface area contributed by atoms with Gasteiger partial charge in [-0.25, -0.2) is 4.98 Å². The molecule has 5 heteroatoms. The second-order valence-corrected chi connectivity index (χ2v) is 8.11. The molecule has 0 atom stereocenters. The Bertz CT molecular complexity index is 1330. The molecule has 0 aliphatic heterocycles. The molecule has 2 heterocycles. The molecule has 5 aromatic rings. The lowest BCUT2D eigenvalue weighted by molar-refractivity contribution is 0.472. The predicted octanol–water partition coefficient (Wildman–Crippen LogP) is 5.78. The van der Waals surface area contributed by atoms with Gasteiger partial charge < -0.3 is 0 Å². The van der Waals surface area contributed by atoms with Crippen LogP contribution in [0.4, 0.5) is 0 Å². The van der Waals surface area contributed by atoms with Crippen molar-refractivity contribution in [2.75, 3.05) is 0 Å². The van der Waals surface area contributed by atoms with E-state index in [1.54, 1.807) is 6.07 Å². The number of aromatic amines is 1. The van der Waals surface area contributed by atoms with E-state index in [1.807, 2.05) is 66.2 Å². The monoisotopic (exact) mass is 439 g/mol. The van der Waals surface area contributed by atoms with Crippen LogP contribution < -0.4 is 5.56 Å². The van der Waals surface area contributed by atoms with Gasteiger partial charge in [0.25, 0.3) is 5.56 Å². The molecule has 5 rings (SSSR count). The van der Waals surface area contributed by atoms with Crippen molar-refractivity contribution in [1.82, 2.24) is 14.8 Å². The summed E-state index contributed by atoms with van der Waals surface area (Å²) in [5, 5.41) is 4.09. The molecule has 3 aromatic carbocycles. The summed E-state index contributed by atoms with van der Waals surface area (Å²) >= 11 is 6.43. The van der Waals surface area contributed by atoms with Crippen molar-refractivity contribution in [3.8, 4) is 0 Å². The number of hydrogen-bond donors (Lipinski definition) is 1. The van der Waals surface area contributed by atoms with Crippen LogP contribution in [0.25, 0.3) is 10.9 Å². The van der Waals surface area contributed by atoms with E-state index < -0.39 is 5.54 Å². The quantitative estimate of drug-likeness (QED) is 0.279. The first kappa shape index (κ1) is 20.3. The molecule has 1 N–H and O–H groups in total. The Kier molecular flexibility index (Phi) is 5.16. The second kappa shape index (κ2) is 8.13. The van der Waals surface area contributed by atoms with Crippen LogP contribution in [-0.4, -0.2) is 14.8 Å². The molecular weight excluding hydrogens is 418 g/mol. The van der Waals surface area contributed by atoms with Crippen LogP contribution in [0, 0.1) is 0 Å². The van der Waals surface area contributed by atoms with E-state index in [2.05, 4.69) is 46.5 Å². The number of aromatic nitrogens is 3. The number of pyridine rings is 1. The second-order valence-electron chi connectivity index (χ2n) is 7.72. The number of nitrogens with zero attached hydrogens (tertiary/aromatic N) is 2. The lowest BCUT2D eigenvalue weighted by atomic mass is 9.77. The van der Waals surface area contributed by atoms with Crippen LogP contribution in [0.2, 0.25) is 5.15 Å². The van der Waals surface area contributed by atoms with Gasteiger partial charge in [0.15, 0.2) is 0 Å². The molecule has 0 fully saturated rings. The van der Waals surface area contributed by atoms with Crippen molar-refractivity contribution < 1.29 is 0 Å². The Hall–Kier alpha value is -3.63. The average Bonchev–Trinajstić information content (AvgIpc) is 3.17. The van der Waals surface area contributed by atoms with Crippen LogP contribution in [0.15, 0.2) is 102 Å². The summed E-state index contributed by atoms with van der Waals surface area (Å²) in [7, 11) is 0. The summed E-state index contributed by atoms with van der Waals surface area (Å²) in [6.07, 6.45) is 0.610. The molecule has 32 heavy (non-hydrogen) atoms. The minimum Gasteiger partial charge on any atom is -0.267 e. The number of H-pyrrole nitrogens is 1. The van der Waals surface area contributed by atoms with E-state index in [0.29, 0.717) is 22.7 Å². The molecule has 158 valence electrons. The summed E-state index contributed by atoms with van der Waals surface area (Å²) < 4.78 is 1.96. The molecule has 0 radical (unpaired) electrons. The normalized spacial score (nSPS) is 11.7. The number of benzene rings is 3. The third-order valence-electron chi connectivity index (χ3n) is 5.97. The minimum atomic E-state index is -0.819. The molecule has 4 nitrogen and oxygen atoms in total. The molecule has 0 saturated heterocycles. The highest BCUT2D eigenvalue weighted by Gasteiger charge is 2.40. The Labute approximate surface area is 191 Å². The van der Waals surface area contributed by atoms with E-state index >= 15 is 0 Å². The Balaban J connectivity index is 2.02. The maximum atomic E-state index is 13.3. The van der Waals surface area contributed by atoms with Gasteiger partial charge in [-0.3, -0.25) is 14.6 Å². The zero-order valence-electron chi connectivity index (χ0n) is 17.6. The number of aryl methyl sites for hydroxylation is 1. The number of hydrogen-bond acceptors (Lipinski definition) is 2. The van der Waals surface area contributed by atoms with Gasteiger partial charge in [0.05, 0.1) is 16.6 Å². The van der Waals surface area contributed by atoms with Gasteiger partial charge in [-0.2, -0.15) is 0 Å². The highest BCUT2D eigenvalue weighted by Crippen LogP contribution is 2.42. The first-order chi connectivity index (χ1) is 15.7. The lowest BCUT2D eigenvalue weighted by Gasteiger charge is -2.37. The molecule has 0 amide bonds. The summed E-state index contributed by atoms with van der Waals surface area (Å²) in [4.78, 5) is 17.7. The smallest absolute Gasteiger partial charge is 0.267 e. The maximum Gasteiger partial charge on any atom is 0.273 e. The first-order valence-electron chi connectivity index (χ1n) is 10.6. The summed E-state index contributed by atoms with van der Waals surface area (Å²) in [5.74, 6) is 0. The highest BCUT2D eigenvalue weighted by atomic mass is 35.5. The van der Waals surface area contributed by atoms with E-state index in [4.69, 9.17) is 11.6 Å². The Morgan fingerprint density at radius 3 is 1.75 bits per heavy atom. The Morgan fingerprint density at radius 1 is 0.844 bits per heavy atom. The van der Waals surface area contributed by atoms with Gasteiger partial charge in [0.1, 0.15) is 10.7 Å². The van der Waals surface area contributed by atoms with Crippen molar-refractivity contribution in [2.45, 2.75) is 18.9 Å². The number of nitrogens with one attached hydrogen (secondary N) is 1. The molecule has 0 aliphatic carbocycles. The number of rotatable bonds is 5. The standard InChI is InChI=1S/C27H22ClN3O/c1-2-22-25-23(18-24(28)29-22)31(30-26(25)32)27(19-12-6-3-7-13-19,20-14-8-4-9-15-20)21-16-10-5-11-17-21/h3-18H,2H2,1H3,(H,30,32). The first-order valence-corrected chi connectivity index (χ1v) is 11.0. The number of fused-ring (bicyclic) bond motifs is 1. The summed E-state index contributed by atoms with van der Waals surface area (Å²) in [6.45, 7) is 1.98. The van der Waals surface area contributed by atoms with Crippen LogP contribution in [0.1, 0.15) is 29.3 Å². The van der Waals surface area contributed by atoms with Crippen molar-refractivity contribution >= 4 is 22.5 Å². The largest absolute Gasteiger partial charge is 0.273 e. The minimum absolute atomic E-state index is 0.173. The maximum absolute atomic E-state index is 13.3. The van der Waals surface area contributed by atoms with E-state index in [-0.39, 0.29) is 5.56 Å². The van der Waals surface area contributed by atoms with E-state index in [9.17, 15) is 4.79 Å². The predicted molar refractivity (Wildman–Crippen MR) is 129 cm³/mol. The third kappa shape index (κ3) is 3.07. The van der Waals surface area contributed by atoms with Gasteiger partial charge >= 0.3 is 0 Å². The van der Waals surface area contributed by atoms with Crippen LogP contribution in [0.5, 0.6) is 0 Å². The van der Waals surface area contributed by atoms with Gasteiger partial charge in [-0.1, -0.05) is 110 Å².